The SMILES string of the molecule is CCCCC(C)(CNC(C)=O)Nc1nc(NC)nc2cc(C)cnc12. The number of carbonyl (C=O) groups excluding carboxylic acids is 1. The van der Waals surface area contributed by atoms with Gasteiger partial charge < -0.3 is 16.0 Å². The fourth-order valence-electron chi connectivity index (χ4n) is 2.69. The first-order chi connectivity index (χ1) is 11.9. The summed E-state index contributed by atoms with van der Waals surface area (Å²) in [6, 6.07) is 1.99. The molecule has 0 saturated heterocycles. The summed E-state index contributed by atoms with van der Waals surface area (Å²) in [5, 5.41) is 9.43. The van der Waals surface area contributed by atoms with Crippen molar-refractivity contribution >= 4 is 28.7 Å². The van der Waals surface area contributed by atoms with E-state index in [2.05, 4.69) is 44.7 Å². The molecule has 0 saturated carbocycles. The van der Waals surface area contributed by atoms with Crippen LogP contribution in [0.2, 0.25) is 0 Å². The zero-order valence-electron chi connectivity index (χ0n) is 15.7. The van der Waals surface area contributed by atoms with E-state index in [1.165, 1.54) is 6.92 Å². The molecule has 0 radical (unpaired) electrons. The zero-order chi connectivity index (χ0) is 18.4. The lowest BCUT2D eigenvalue weighted by atomic mass is 9.94. The van der Waals surface area contributed by atoms with Gasteiger partial charge in [-0.15, -0.1) is 0 Å². The standard InChI is InChI=1S/C18H28N6O/c1-6-7-8-18(4,11-21-13(3)25)24-16-15-14(9-12(2)10-20-15)22-17(19-5)23-16/h9-10H,6-8,11H2,1-5H3,(H,21,25)(H2,19,22,23,24). The van der Waals surface area contributed by atoms with E-state index in [1.807, 2.05) is 19.2 Å². The van der Waals surface area contributed by atoms with Gasteiger partial charge in [-0.05, 0) is 31.9 Å². The molecule has 2 aromatic heterocycles. The van der Waals surface area contributed by atoms with Gasteiger partial charge in [0.1, 0.15) is 5.52 Å². The molecule has 1 amide bonds. The molecule has 0 fully saturated rings. The summed E-state index contributed by atoms with van der Waals surface area (Å²) < 4.78 is 0. The van der Waals surface area contributed by atoms with E-state index in [0.717, 1.165) is 35.9 Å². The molecule has 7 heteroatoms. The number of aryl methyl sites for hydroxylation is 1. The molecule has 0 aliphatic heterocycles. The van der Waals surface area contributed by atoms with Crippen LogP contribution >= 0.6 is 0 Å². The largest absolute Gasteiger partial charge is 0.361 e. The molecule has 136 valence electrons. The highest BCUT2D eigenvalue weighted by Gasteiger charge is 2.26. The third-order valence-corrected chi connectivity index (χ3v) is 4.13. The number of nitrogens with one attached hydrogen (secondary N) is 3. The predicted molar refractivity (Wildman–Crippen MR) is 102 cm³/mol. The van der Waals surface area contributed by atoms with Crippen LogP contribution in [0.3, 0.4) is 0 Å². The Morgan fingerprint density at radius 3 is 2.72 bits per heavy atom. The number of hydrogen-bond acceptors (Lipinski definition) is 6. The van der Waals surface area contributed by atoms with Gasteiger partial charge in [0.25, 0.3) is 0 Å². The molecule has 0 aliphatic carbocycles. The number of amides is 1. The van der Waals surface area contributed by atoms with Crippen LogP contribution in [-0.4, -0.2) is 40.0 Å². The Hall–Kier alpha value is -2.44. The second kappa shape index (κ2) is 8.09. The number of pyridine rings is 1. The first-order valence-corrected chi connectivity index (χ1v) is 8.71. The lowest BCUT2D eigenvalue weighted by Gasteiger charge is -2.32. The van der Waals surface area contributed by atoms with Crippen molar-refractivity contribution in [2.24, 2.45) is 0 Å². The van der Waals surface area contributed by atoms with Crippen molar-refractivity contribution in [1.29, 1.82) is 0 Å². The van der Waals surface area contributed by atoms with E-state index in [9.17, 15) is 4.79 Å². The molecule has 0 spiro atoms. The van der Waals surface area contributed by atoms with Gasteiger partial charge in [-0.2, -0.15) is 4.98 Å². The Kier molecular flexibility index (Phi) is 6.12. The Bertz CT molecular complexity index is 748. The van der Waals surface area contributed by atoms with Crippen LogP contribution in [-0.2, 0) is 4.79 Å². The van der Waals surface area contributed by atoms with Crippen molar-refractivity contribution in [3.05, 3.63) is 17.8 Å². The van der Waals surface area contributed by atoms with Gasteiger partial charge in [0.2, 0.25) is 11.9 Å². The van der Waals surface area contributed by atoms with Crippen molar-refractivity contribution < 1.29 is 4.79 Å². The molecule has 1 unspecified atom stereocenters. The van der Waals surface area contributed by atoms with E-state index in [0.29, 0.717) is 18.3 Å². The number of fused-ring (bicyclic) bond motifs is 1. The molecular formula is C18H28N6O. The maximum atomic E-state index is 11.4. The van der Waals surface area contributed by atoms with Gasteiger partial charge in [-0.25, -0.2) is 4.98 Å². The summed E-state index contributed by atoms with van der Waals surface area (Å²) in [6.07, 6.45) is 4.86. The molecule has 2 heterocycles. The molecule has 7 nitrogen and oxygen atoms in total. The minimum atomic E-state index is -0.319. The Morgan fingerprint density at radius 2 is 2.08 bits per heavy atom. The van der Waals surface area contributed by atoms with Crippen LogP contribution in [0.25, 0.3) is 11.0 Å². The fourth-order valence-corrected chi connectivity index (χ4v) is 2.69. The number of unbranched alkanes of at least 4 members (excludes halogenated alkanes) is 1. The van der Waals surface area contributed by atoms with Crippen LogP contribution in [0.5, 0.6) is 0 Å². The topological polar surface area (TPSA) is 91.8 Å². The van der Waals surface area contributed by atoms with E-state index in [1.54, 1.807) is 7.05 Å². The average Bonchev–Trinajstić information content (AvgIpc) is 2.57. The molecule has 1 atom stereocenters. The summed E-state index contributed by atoms with van der Waals surface area (Å²) in [6.45, 7) is 8.29. The van der Waals surface area contributed by atoms with Crippen molar-refractivity contribution in [3.63, 3.8) is 0 Å². The first-order valence-electron chi connectivity index (χ1n) is 8.71. The Labute approximate surface area is 149 Å². The van der Waals surface area contributed by atoms with Crippen LogP contribution in [0.15, 0.2) is 12.3 Å². The fraction of sp³-hybridized carbons (Fsp3) is 0.556. The number of anilines is 2. The van der Waals surface area contributed by atoms with Crippen molar-refractivity contribution in [1.82, 2.24) is 20.3 Å². The molecule has 3 N–H and O–H groups in total. The van der Waals surface area contributed by atoms with Gasteiger partial charge >= 0.3 is 0 Å². The van der Waals surface area contributed by atoms with Crippen LogP contribution in [0.4, 0.5) is 11.8 Å². The normalized spacial score (nSPS) is 13.3. The lowest BCUT2D eigenvalue weighted by Crippen LogP contribution is -2.46. The molecule has 2 rings (SSSR count). The van der Waals surface area contributed by atoms with Gasteiger partial charge in [-0.1, -0.05) is 19.8 Å². The van der Waals surface area contributed by atoms with E-state index < -0.39 is 0 Å². The minimum Gasteiger partial charge on any atom is -0.361 e. The highest BCUT2D eigenvalue weighted by atomic mass is 16.1. The van der Waals surface area contributed by atoms with Gasteiger partial charge in [-0.3, -0.25) is 9.78 Å². The average molecular weight is 344 g/mol. The quantitative estimate of drug-likeness (QED) is 0.682. The summed E-state index contributed by atoms with van der Waals surface area (Å²) >= 11 is 0. The monoisotopic (exact) mass is 344 g/mol. The van der Waals surface area contributed by atoms with Crippen LogP contribution in [0.1, 0.15) is 45.6 Å². The van der Waals surface area contributed by atoms with Gasteiger partial charge in [0, 0.05) is 26.7 Å². The second-order valence-electron chi connectivity index (χ2n) is 6.73. The molecule has 25 heavy (non-hydrogen) atoms. The van der Waals surface area contributed by atoms with Crippen LogP contribution in [0, 0.1) is 6.92 Å². The highest BCUT2D eigenvalue weighted by Crippen LogP contribution is 2.26. The highest BCUT2D eigenvalue weighted by molar-refractivity contribution is 5.86. The van der Waals surface area contributed by atoms with Gasteiger partial charge in [0.15, 0.2) is 5.82 Å². The number of hydrogen-bond donors (Lipinski definition) is 3. The minimum absolute atomic E-state index is 0.0401. The van der Waals surface area contributed by atoms with Crippen LogP contribution < -0.4 is 16.0 Å². The van der Waals surface area contributed by atoms with Gasteiger partial charge in [0.05, 0.1) is 11.1 Å². The van der Waals surface area contributed by atoms with E-state index >= 15 is 0 Å². The van der Waals surface area contributed by atoms with Crippen molar-refractivity contribution in [2.75, 3.05) is 24.2 Å². The van der Waals surface area contributed by atoms with E-state index in [4.69, 9.17) is 0 Å². The molecule has 0 aliphatic rings. The predicted octanol–water partition coefficient (Wildman–Crippen LogP) is 2.87. The summed E-state index contributed by atoms with van der Waals surface area (Å²) in [5.74, 6) is 1.18. The number of carbonyl (C=O) groups is 1. The molecule has 0 bridgehead atoms. The third kappa shape index (κ3) is 5.01. The molecule has 2 aromatic rings. The number of aromatic nitrogens is 3. The maximum absolute atomic E-state index is 11.4. The maximum Gasteiger partial charge on any atom is 0.225 e. The third-order valence-electron chi connectivity index (χ3n) is 4.13. The Balaban J connectivity index is 2.41. The molecule has 0 aromatic carbocycles. The Morgan fingerprint density at radius 1 is 1.32 bits per heavy atom. The summed E-state index contributed by atoms with van der Waals surface area (Å²) in [7, 11) is 1.79. The lowest BCUT2D eigenvalue weighted by molar-refractivity contribution is -0.119. The number of rotatable bonds is 8. The second-order valence-corrected chi connectivity index (χ2v) is 6.73. The number of nitrogens with zero attached hydrogens (tertiary/aromatic N) is 3. The smallest absolute Gasteiger partial charge is 0.225 e. The van der Waals surface area contributed by atoms with Crippen molar-refractivity contribution in [3.8, 4) is 0 Å². The summed E-state index contributed by atoms with van der Waals surface area (Å²) in [4.78, 5) is 24.9. The molecular weight excluding hydrogens is 316 g/mol. The first kappa shape index (κ1) is 18.9. The zero-order valence-corrected chi connectivity index (χ0v) is 15.7. The summed E-state index contributed by atoms with van der Waals surface area (Å²) in [5.41, 5.74) is 2.25. The van der Waals surface area contributed by atoms with E-state index in [-0.39, 0.29) is 11.4 Å². The van der Waals surface area contributed by atoms with Crippen molar-refractivity contribution in [2.45, 2.75) is 52.5 Å².